The highest BCUT2D eigenvalue weighted by Crippen LogP contribution is 2.25. The van der Waals surface area contributed by atoms with Crippen LogP contribution in [0.2, 0.25) is 0 Å². The van der Waals surface area contributed by atoms with Crippen LogP contribution in [-0.4, -0.2) is 30.4 Å². The van der Waals surface area contributed by atoms with Gasteiger partial charge in [-0.2, -0.15) is 0 Å². The Labute approximate surface area is 150 Å². The van der Waals surface area contributed by atoms with Gasteiger partial charge in [-0.15, -0.1) is 0 Å². The average molecular weight is 337 g/mol. The SMILES string of the molecule is Cc1ccc(C(CNC(=O)c2ccc(CN)cc2)N2CCCC2)cc1. The Hall–Kier alpha value is -2.17. The molecular weight excluding hydrogens is 310 g/mol. The molecular formula is C21H27N3O. The Kier molecular flexibility index (Phi) is 5.84. The van der Waals surface area contributed by atoms with Gasteiger partial charge >= 0.3 is 0 Å². The van der Waals surface area contributed by atoms with Crippen LogP contribution in [0.4, 0.5) is 0 Å². The van der Waals surface area contributed by atoms with Crippen molar-refractivity contribution in [2.75, 3.05) is 19.6 Å². The number of carbonyl (C=O) groups excluding carboxylic acids is 1. The number of hydrogen-bond acceptors (Lipinski definition) is 3. The highest BCUT2D eigenvalue weighted by Gasteiger charge is 2.24. The zero-order valence-electron chi connectivity index (χ0n) is 14.9. The first-order chi connectivity index (χ1) is 12.2. The summed E-state index contributed by atoms with van der Waals surface area (Å²) < 4.78 is 0. The molecule has 1 atom stereocenters. The lowest BCUT2D eigenvalue weighted by molar-refractivity contribution is 0.0938. The van der Waals surface area contributed by atoms with Gasteiger partial charge in [-0.25, -0.2) is 0 Å². The predicted molar refractivity (Wildman–Crippen MR) is 101 cm³/mol. The molecule has 2 aromatic carbocycles. The summed E-state index contributed by atoms with van der Waals surface area (Å²) in [5.41, 5.74) is 9.86. The summed E-state index contributed by atoms with van der Waals surface area (Å²) in [6.07, 6.45) is 2.47. The number of benzene rings is 2. The minimum absolute atomic E-state index is 0.0279. The summed E-state index contributed by atoms with van der Waals surface area (Å²) in [5.74, 6) is -0.0279. The molecule has 1 saturated heterocycles. The van der Waals surface area contributed by atoms with E-state index in [9.17, 15) is 4.79 Å². The van der Waals surface area contributed by atoms with E-state index in [0.717, 1.165) is 18.7 Å². The number of aryl methyl sites for hydroxylation is 1. The Bertz CT molecular complexity index is 688. The number of amides is 1. The van der Waals surface area contributed by atoms with Crippen molar-refractivity contribution in [2.45, 2.75) is 32.4 Å². The summed E-state index contributed by atoms with van der Waals surface area (Å²) in [5, 5.41) is 3.11. The smallest absolute Gasteiger partial charge is 0.251 e. The minimum atomic E-state index is -0.0279. The van der Waals surface area contributed by atoms with Gasteiger partial charge < -0.3 is 11.1 Å². The molecule has 2 aromatic rings. The Morgan fingerprint density at radius 2 is 1.72 bits per heavy atom. The third-order valence-corrected chi connectivity index (χ3v) is 4.95. The third kappa shape index (κ3) is 4.47. The first-order valence-electron chi connectivity index (χ1n) is 9.05. The second kappa shape index (κ2) is 8.28. The normalized spacial score (nSPS) is 15.9. The van der Waals surface area contributed by atoms with Crippen LogP contribution in [0.15, 0.2) is 48.5 Å². The van der Waals surface area contributed by atoms with Crippen LogP contribution in [-0.2, 0) is 6.54 Å². The molecule has 0 radical (unpaired) electrons. The molecule has 0 saturated carbocycles. The second-order valence-electron chi connectivity index (χ2n) is 6.78. The van der Waals surface area contributed by atoms with Gasteiger partial charge in [0.25, 0.3) is 5.91 Å². The molecule has 1 fully saturated rings. The van der Waals surface area contributed by atoms with Crippen LogP contribution in [0.3, 0.4) is 0 Å². The van der Waals surface area contributed by atoms with Crippen LogP contribution < -0.4 is 11.1 Å². The summed E-state index contributed by atoms with van der Waals surface area (Å²) in [6.45, 7) is 5.41. The number of nitrogens with one attached hydrogen (secondary N) is 1. The molecule has 3 N–H and O–H groups in total. The number of rotatable bonds is 6. The topological polar surface area (TPSA) is 58.4 Å². The van der Waals surface area contributed by atoms with Crippen molar-refractivity contribution < 1.29 is 4.79 Å². The van der Waals surface area contributed by atoms with Crippen LogP contribution in [0.1, 0.15) is 45.9 Å². The van der Waals surface area contributed by atoms with E-state index < -0.39 is 0 Å². The lowest BCUT2D eigenvalue weighted by Gasteiger charge is -2.28. The number of nitrogens with two attached hydrogens (primary N) is 1. The van der Waals surface area contributed by atoms with Crippen LogP contribution >= 0.6 is 0 Å². The first-order valence-corrected chi connectivity index (χ1v) is 9.05. The summed E-state index contributed by atoms with van der Waals surface area (Å²) in [7, 11) is 0. The van der Waals surface area contributed by atoms with Crippen molar-refractivity contribution in [2.24, 2.45) is 5.73 Å². The molecule has 1 unspecified atom stereocenters. The summed E-state index contributed by atoms with van der Waals surface area (Å²) in [6, 6.07) is 16.4. The molecule has 0 aromatic heterocycles. The van der Waals surface area contributed by atoms with E-state index in [0.29, 0.717) is 18.7 Å². The fourth-order valence-electron chi connectivity index (χ4n) is 3.38. The molecule has 1 heterocycles. The van der Waals surface area contributed by atoms with Gasteiger partial charge in [0.05, 0.1) is 6.04 Å². The Morgan fingerprint density at radius 1 is 1.08 bits per heavy atom. The van der Waals surface area contributed by atoms with Gasteiger partial charge in [-0.3, -0.25) is 9.69 Å². The largest absolute Gasteiger partial charge is 0.350 e. The van der Waals surface area contributed by atoms with Gasteiger partial charge in [0.1, 0.15) is 0 Å². The van der Waals surface area contributed by atoms with Gasteiger partial charge in [0.2, 0.25) is 0 Å². The highest BCUT2D eigenvalue weighted by atomic mass is 16.1. The van der Waals surface area contributed by atoms with Gasteiger partial charge in [-0.05, 0) is 56.1 Å². The van der Waals surface area contributed by atoms with Crippen molar-refractivity contribution >= 4 is 5.91 Å². The molecule has 1 aliphatic rings. The second-order valence-corrected chi connectivity index (χ2v) is 6.78. The Morgan fingerprint density at radius 3 is 2.32 bits per heavy atom. The predicted octanol–water partition coefficient (Wildman–Crippen LogP) is 3.02. The van der Waals surface area contributed by atoms with E-state index in [1.54, 1.807) is 0 Å². The van der Waals surface area contributed by atoms with E-state index in [-0.39, 0.29) is 11.9 Å². The number of likely N-dealkylation sites (tertiary alicyclic amines) is 1. The molecule has 3 rings (SSSR count). The average Bonchev–Trinajstić information content (AvgIpc) is 3.17. The van der Waals surface area contributed by atoms with Gasteiger partial charge in [0, 0.05) is 18.7 Å². The van der Waals surface area contributed by atoms with E-state index >= 15 is 0 Å². The van der Waals surface area contributed by atoms with E-state index in [2.05, 4.69) is 41.4 Å². The minimum Gasteiger partial charge on any atom is -0.350 e. The Balaban J connectivity index is 1.69. The molecule has 4 nitrogen and oxygen atoms in total. The van der Waals surface area contributed by atoms with Gasteiger partial charge in [0.15, 0.2) is 0 Å². The molecule has 0 aliphatic carbocycles. The van der Waals surface area contributed by atoms with Crippen LogP contribution in [0, 0.1) is 6.92 Å². The number of carbonyl (C=O) groups is 1. The van der Waals surface area contributed by atoms with E-state index in [1.165, 1.54) is 24.0 Å². The monoisotopic (exact) mass is 337 g/mol. The molecule has 1 amide bonds. The lowest BCUT2D eigenvalue weighted by Crippen LogP contribution is -2.36. The quantitative estimate of drug-likeness (QED) is 0.852. The molecule has 1 aliphatic heterocycles. The van der Waals surface area contributed by atoms with Crippen molar-refractivity contribution in [1.29, 1.82) is 0 Å². The van der Waals surface area contributed by atoms with Crippen LogP contribution in [0.5, 0.6) is 0 Å². The van der Waals surface area contributed by atoms with Gasteiger partial charge in [-0.1, -0.05) is 42.0 Å². The fraction of sp³-hybridized carbons (Fsp3) is 0.381. The maximum Gasteiger partial charge on any atom is 0.251 e. The molecule has 0 bridgehead atoms. The van der Waals surface area contributed by atoms with Crippen LogP contribution in [0.25, 0.3) is 0 Å². The van der Waals surface area contributed by atoms with Crippen molar-refractivity contribution in [3.8, 4) is 0 Å². The molecule has 4 heteroatoms. The first kappa shape index (κ1) is 17.6. The maximum absolute atomic E-state index is 12.5. The summed E-state index contributed by atoms with van der Waals surface area (Å²) >= 11 is 0. The summed E-state index contributed by atoms with van der Waals surface area (Å²) in [4.78, 5) is 15.0. The van der Waals surface area contributed by atoms with Crippen molar-refractivity contribution in [3.63, 3.8) is 0 Å². The number of hydrogen-bond donors (Lipinski definition) is 2. The van der Waals surface area contributed by atoms with E-state index in [1.807, 2.05) is 24.3 Å². The zero-order valence-corrected chi connectivity index (χ0v) is 14.9. The standard InChI is InChI=1S/C21H27N3O/c1-16-4-8-18(9-5-16)20(24-12-2-3-13-24)15-23-21(25)19-10-6-17(14-22)7-11-19/h4-11,20H,2-3,12-15,22H2,1H3,(H,23,25). The molecule has 25 heavy (non-hydrogen) atoms. The van der Waals surface area contributed by atoms with Crippen molar-refractivity contribution in [1.82, 2.24) is 10.2 Å². The maximum atomic E-state index is 12.5. The zero-order chi connectivity index (χ0) is 17.6. The number of nitrogens with zero attached hydrogens (tertiary/aromatic N) is 1. The third-order valence-electron chi connectivity index (χ3n) is 4.95. The fourth-order valence-corrected chi connectivity index (χ4v) is 3.38. The molecule has 0 spiro atoms. The lowest BCUT2D eigenvalue weighted by atomic mass is 10.0. The highest BCUT2D eigenvalue weighted by molar-refractivity contribution is 5.94. The van der Waals surface area contributed by atoms with Crippen molar-refractivity contribution in [3.05, 3.63) is 70.8 Å². The van der Waals surface area contributed by atoms with E-state index in [4.69, 9.17) is 5.73 Å². The molecule has 132 valence electrons.